The van der Waals surface area contributed by atoms with Crippen LogP contribution in [0.5, 0.6) is 0 Å². The molecule has 0 amide bonds. The van der Waals surface area contributed by atoms with Crippen LogP contribution in [0.3, 0.4) is 0 Å². The summed E-state index contributed by atoms with van der Waals surface area (Å²) >= 11 is 0. The van der Waals surface area contributed by atoms with Gasteiger partial charge in [-0.25, -0.2) is 8.78 Å². The molecule has 1 nitrogen and oxygen atoms in total. The van der Waals surface area contributed by atoms with Crippen molar-refractivity contribution in [3.63, 3.8) is 0 Å². The maximum absolute atomic E-state index is 16.4. The van der Waals surface area contributed by atoms with Crippen LogP contribution in [0.1, 0.15) is 0 Å². The molecule has 0 saturated carbocycles. The molecular weight excluding hydrogens is 472 g/mol. The molecule has 0 fully saturated rings. The molecule has 6 rings (SSSR count). The van der Waals surface area contributed by atoms with Gasteiger partial charge in [0.25, 0.3) is 0 Å². The number of rotatable bonds is 5. The van der Waals surface area contributed by atoms with Crippen LogP contribution >= 0.6 is 0 Å². The monoisotopic (exact) mass is 497 g/mol. The minimum atomic E-state index is -0.400. The van der Waals surface area contributed by atoms with Gasteiger partial charge in [0.1, 0.15) is 5.82 Å². The Hall–Kier alpha value is -4.76. The summed E-state index contributed by atoms with van der Waals surface area (Å²) in [6.07, 6.45) is 0. The molecule has 184 valence electrons. The Morgan fingerprint density at radius 1 is 0.474 bits per heavy atom. The summed E-state index contributed by atoms with van der Waals surface area (Å²) in [5.41, 5.74) is 5.72. The van der Waals surface area contributed by atoms with Gasteiger partial charge in [-0.15, -0.1) is 0 Å². The molecular formula is C35H25F2N. The second-order valence-corrected chi connectivity index (χ2v) is 9.34. The second-order valence-electron chi connectivity index (χ2n) is 9.34. The zero-order valence-electron chi connectivity index (χ0n) is 20.9. The van der Waals surface area contributed by atoms with E-state index in [2.05, 4.69) is 42.5 Å². The average Bonchev–Trinajstić information content (AvgIpc) is 2.97. The number of nitrogens with zero attached hydrogens (tertiary/aromatic N) is 1. The highest BCUT2D eigenvalue weighted by Gasteiger charge is 2.21. The zero-order valence-corrected chi connectivity index (χ0v) is 20.9. The van der Waals surface area contributed by atoms with Gasteiger partial charge in [-0.1, -0.05) is 103 Å². The van der Waals surface area contributed by atoms with Crippen molar-refractivity contribution in [1.29, 1.82) is 0 Å². The van der Waals surface area contributed by atoms with Crippen molar-refractivity contribution in [2.45, 2.75) is 0 Å². The normalized spacial score (nSPS) is 11.0. The van der Waals surface area contributed by atoms with Gasteiger partial charge >= 0.3 is 0 Å². The van der Waals surface area contributed by atoms with Gasteiger partial charge in [-0.3, -0.25) is 0 Å². The quantitative estimate of drug-likeness (QED) is 0.229. The van der Waals surface area contributed by atoms with E-state index in [0.717, 1.165) is 27.8 Å². The molecule has 0 heterocycles. The van der Waals surface area contributed by atoms with Gasteiger partial charge in [0.15, 0.2) is 5.82 Å². The molecule has 0 unspecified atom stereocenters. The summed E-state index contributed by atoms with van der Waals surface area (Å²) in [4.78, 5) is 1.56. The number of hydrogen-bond donors (Lipinski definition) is 0. The van der Waals surface area contributed by atoms with E-state index in [4.69, 9.17) is 0 Å². The maximum atomic E-state index is 16.4. The Morgan fingerprint density at radius 3 is 1.95 bits per heavy atom. The lowest BCUT2D eigenvalue weighted by Gasteiger charge is -2.23. The smallest absolute Gasteiger partial charge is 0.155 e. The average molecular weight is 498 g/mol. The number of benzene rings is 6. The van der Waals surface area contributed by atoms with E-state index in [1.807, 2.05) is 60.7 Å². The van der Waals surface area contributed by atoms with Crippen molar-refractivity contribution >= 4 is 22.1 Å². The van der Waals surface area contributed by atoms with Crippen LogP contribution in [-0.4, -0.2) is 7.05 Å². The van der Waals surface area contributed by atoms with Gasteiger partial charge in [0.05, 0.1) is 11.4 Å². The second kappa shape index (κ2) is 9.95. The Balaban J connectivity index is 1.50. The summed E-state index contributed by atoms with van der Waals surface area (Å²) < 4.78 is 31.0. The Labute approximate surface area is 221 Å². The predicted octanol–water partition coefficient (Wildman–Crippen LogP) is 9.89. The minimum absolute atomic E-state index is 0.309. The van der Waals surface area contributed by atoms with Crippen LogP contribution in [0.4, 0.5) is 20.2 Å². The third kappa shape index (κ3) is 4.33. The molecule has 0 atom stereocenters. The van der Waals surface area contributed by atoms with E-state index < -0.39 is 11.6 Å². The van der Waals surface area contributed by atoms with Crippen LogP contribution < -0.4 is 4.90 Å². The molecule has 0 saturated heterocycles. The van der Waals surface area contributed by atoms with Crippen LogP contribution in [0.15, 0.2) is 133 Å². The molecule has 6 aromatic rings. The van der Waals surface area contributed by atoms with Crippen molar-refractivity contribution in [1.82, 2.24) is 0 Å². The van der Waals surface area contributed by atoms with Crippen LogP contribution in [0, 0.1) is 11.6 Å². The summed E-state index contributed by atoms with van der Waals surface area (Å²) in [5, 5.41) is 2.36. The molecule has 0 aliphatic rings. The zero-order chi connectivity index (χ0) is 26.1. The molecule has 3 heteroatoms. The summed E-state index contributed by atoms with van der Waals surface area (Å²) in [5.74, 6) is -0.793. The van der Waals surface area contributed by atoms with Crippen molar-refractivity contribution < 1.29 is 8.78 Å². The molecule has 0 bridgehead atoms. The van der Waals surface area contributed by atoms with E-state index >= 15 is 4.39 Å². The van der Waals surface area contributed by atoms with Gasteiger partial charge in [-0.2, -0.15) is 0 Å². The fraction of sp³-hybridized carbons (Fsp3) is 0.0286. The van der Waals surface area contributed by atoms with E-state index in [0.29, 0.717) is 16.9 Å². The Bertz CT molecular complexity index is 1760. The third-order valence-corrected chi connectivity index (χ3v) is 7.02. The Morgan fingerprint density at radius 2 is 1.13 bits per heavy atom. The van der Waals surface area contributed by atoms with Crippen LogP contribution in [0.25, 0.3) is 44.2 Å². The SMILES string of the molecule is CN(c1ccccc1F)c1ccc(-c2cccc(-c3ccc4ccccc4c3)c2)c(-c2ccccc2)c1F. The molecule has 0 N–H and O–H groups in total. The first kappa shape index (κ1) is 23.6. The summed E-state index contributed by atoms with van der Waals surface area (Å²) in [6, 6.07) is 42.5. The third-order valence-electron chi connectivity index (χ3n) is 7.02. The highest BCUT2D eigenvalue weighted by atomic mass is 19.1. The summed E-state index contributed by atoms with van der Waals surface area (Å²) in [7, 11) is 1.69. The first-order valence-corrected chi connectivity index (χ1v) is 12.6. The molecule has 0 radical (unpaired) electrons. The molecule has 0 spiro atoms. The Kier molecular flexibility index (Phi) is 6.19. The van der Waals surface area contributed by atoms with Crippen molar-refractivity contribution in [2.24, 2.45) is 0 Å². The van der Waals surface area contributed by atoms with Crippen molar-refractivity contribution in [3.05, 3.63) is 145 Å². The van der Waals surface area contributed by atoms with Crippen LogP contribution in [0.2, 0.25) is 0 Å². The van der Waals surface area contributed by atoms with Crippen molar-refractivity contribution in [3.8, 4) is 33.4 Å². The minimum Gasteiger partial charge on any atom is -0.340 e. The standard InChI is InChI=1S/C35H25F2N/c1-38(32-17-8-7-16-31(32)36)33-21-20-30(34(35(33)37)25-11-3-2-4-12-25)29-15-9-14-27(23-29)28-19-18-24-10-5-6-13-26(24)22-28/h2-23H,1H3. The van der Waals surface area contributed by atoms with Gasteiger partial charge in [0, 0.05) is 12.6 Å². The van der Waals surface area contributed by atoms with Gasteiger partial charge in [-0.05, 0) is 68.9 Å². The molecule has 0 aliphatic heterocycles. The molecule has 6 aromatic carbocycles. The lowest BCUT2D eigenvalue weighted by molar-refractivity contribution is 0.619. The number of hydrogen-bond acceptors (Lipinski definition) is 1. The van der Waals surface area contributed by atoms with Crippen LogP contribution in [-0.2, 0) is 0 Å². The highest BCUT2D eigenvalue weighted by Crippen LogP contribution is 2.41. The molecule has 0 aliphatic carbocycles. The van der Waals surface area contributed by atoms with Gasteiger partial charge in [0.2, 0.25) is 0 Å². The lowest BCUT2D eigenvalue weighted by atomic mass is 9.91. The summed E-state index contributed by atoms with van der Waals surface area (Å²) in [6.45, 7) is 0. The topological polar surface area (TPSA) is 3.24 Å². The maximum Gasteiger partial charge on any atom is 0.155 e. The lowest BCUT2D eigenvalue weighted by Crippen LogP contribution is -2.13. The fourth-order valence-electron chi connectivity index (χ4n) is 5.04. The molecule has 0 aromatic heterocycles. The van der Waals surface area contributed by atoms with E-state index in [9.17, 15) is 4.39 Å². The van der Waals surface area contributed by atoms with E-state index in [1.165, 1.54) is 16.8 Å². The largest absolute Gasteiger partial charge is 0.340 e. The first-order valence-electron chi connectivity index (χ1n) is 12.6. The van der Waals surface area contributed by atoms with Gasteiger partial charge < -0.3 is 4.90 Å². The van der Waals surface area contributed by atoms with E-state index in [-0.39, 0.29) is 0 Å². The van der Waals surface area contributed by atoms with E-state index in [1.54, 1.807) is 36.2 Å². The number of anilines is 2. The molecule has 38 heavy (non-hydrogen) atoms. The highest BCUT2D eigenvalue weighted by molar-refractivity contribution is 5.91. The number of para-hydroxylation sites is 1. The predicted molar refractivity (Wildman–Crippen MR) is 155 cm³/mol. The van der Waals surface area contributed by atoms with Crippen molar-refractivity contribution in [2.75, 3.05) is 11.9 Å². The first-order chi connectivity index (χ1) is 18.6. The number of fused-ring (bicyclic) bond motifs is 1. The fourth-order valence-corrected chi connectivity index (χ4v) is 5.04. The number of halogens is 2.